The van der Waals surface area contributed by atoms with E-state index in [0.717, 1.165) is 31.0 Å². The summed E-state index contributed by atoms with van der Waals surface area (Å²) in [6.45, 7) is 1.85. The summed E-state index contributed by atoms with van der Waals surface area (Å²) in [6, 6.07) is 0.519. The molecular formula is C11H20N2O. The van der Waals surface area contributed by atoms with E-state index >= 15 is 0 Å². The van der Waals surface area contributed by atoms with Crippen molar-refractivity contribution < 1.29 is 4.74 Å². The fourth-order valence-electron chi connectivity index (χ4n) is 3.55. The molecule has 3 rings (SSSR count). The number of fused-ring (bicyclic) bond motifs is 1. The van der Waals surface area contributed by atoms with Crippen molar-refractivity contribution in [1.29, 1.82) is 0 Å². The van der Waals surface area contributed by atoms with Crippen molar-refractivity contribution >= 4 is 0 Å². The van der Waals surface area contributed by atoms with Crippen LogP contribution in [0.2, 0.25) is 0 Å². The molecule has 0 spiro atoms. The standard InChI is InChI=1S/C11H20N2O/c12-13-11(7-1-2-14-6-7)10-4-8-3-9(8)5-10/h7-11,13H,1-6,12H2. The average Bonchev–Trinajstić information content (AvgIpc) is 2.70. The zero-order chi connectivity index (χ0) is 9.54. The van der Waals surface area contributed by atoms with Crippen LogP contribution in [0.1, 0.15) is 25.7 Å². The van der Waals surface area contributed by atoms with E-state index in [4.69, 9.17) is 10.6 Å². The molecule has 3 heteroatoms. The number of hydrogen-bond donors (Lipinski definition) is 2. The van der Waals surface area contributed by atoms with Crippen LogP contribution in [0, 0.1) is 23.7 Å². The average molecular weight is 196 g/mol. The zero-order valence-corrected chi connectivity index (χ0v) is 8.61. The molecule has 0 radical (unpaired) electrons. The van der Waals surface area contributed by atoms with Crippen LogP contribution in [0.25, 0.3) is 0 Å². The van der Waals surface area contributed by atoms with Crippen LogP contribution >= 0.6 is 0 Å². The Bertz CT molecular complexity index is 205. The fourth-order valence-corrected chi connectivity index (χ4v) is 3.55. The van der Waals surface area contributed by atoms with E-state index in [-0.39, 0.29) is 0 Å². The predicted molar refractivity (Wildman–Crippen MR) is 54.4 cm³/mol. The lowest BCUT2D eigenvalue weighted by atomic mass is 9.85. The third kappa shape index (κ3) is 1.47. The van der Waals surface area contributed by atoms with Gasteiger partial charge in [-0.2, -0.15) is 0 Å². The molecule has 3 N–H and O–H groups in total. The van der Waals surface area contributed by atoms with Crippen molar-refractivity contribution in [2.45, 2.75) is 31.7 Å². The molecule has 0 aromatic rings. The normalized spacial score (nSPS) is 47.8. The van der Waals surface area contributed by atoms with Crippen molar-refractivity contribution in [3.8, 4) is 0 Å². The van der Waals surface area contributed by atoms with Crippen LogP contribution < -0.4 is 11.3 Å². The molecule has 80 valence electrons. The molecule has 2 aliphatic carbocycles. The van der Waals surface area contributed by atoms with Crippen molar-refractivity contribution in [2.75, 3.05) is 13.2 Å². The summed E-state index contributed by atoms with van der Waals surface area (Å²) in [4.78, 5) is 0. The summed E-state index contributed by atoms with van der Waals surface area (Å²) in [5.74, 6) is 9.29. The Kier molecular flexibility index (Phi) is 2.26. The van der Waals surface area contributed by atoms with Gasteiger partial charge in [0.05, 0.1) is 6.61 Å². The van der Waals surface area contributed by atoms with Crippen LogP contribution in [-0.4, -0.2) is 19.3 Å². The number of nitrogens with two attached hydrogens (primary N) is 1. The summed E-state index contributed by atoms with van der Waals surface area (Å²) in [5, 5.41) is 0. The fraction of sp³-hybridized carbons (Fsp3) is 1.00. The van der Waals surface area contributed by atoms with Gasteiger partial charge in [-0.25, -0.2) is 0 Å². The first kappa shape index (κ1) is 9.13. The largest absolute Gasteiger partial charge is 0.381 e. The van der Waals surface area contributed by atoms with Gasteiger partial charge in [-0.1, -0.05) is 0 Å². The lowest BCUT2D eigenvalue weighted by Crippen LogP contribution is -2.46. The summed E-state index contributed by atoms with van der Waals surface area (Å²) >= 11 is 0. The maximum Gasteiger partial charge on any atom is 0.0510 e. The van der Waals surface area contributed by atoms with Crippen molar-refractivity contribution in [1.82, 2.24) is 5.43 Å². The maximum atomic E-state index is 5.69. The number of rotatable bonds is 3. The molecule has 3 nitrogen and oxygen atoms in total. The molecule has 1 heterocycles. The Labute approximate surface area is 85.3 Å². The van der Waals surface area contributed by atoms with Gasteiger partial charge in [-0.15, -0.1) is 0 Å². The minimum atomic E-state index is 0.519. The monoisotopic (exact) mass is 196 g/mol. The molecule has 4 atom stereocenters. The van der Waals surface area contributed by atoms with E-state index in [2.05, 4.69) is 5.43 Å². The molecule has 0 aromatic heterocycles. The van der Waals surface area contributed by atoms with E-state index in [1.807, 2.05) is 0 Å². The highest BCUT2D eigenvalue weighted by Crippen LogP contribution is 2.55. The van der Waals surface area contributed by atoms with E-state index in [9.17, 15) is 0 Å². The molecular weight excluding hydrogens is 176 g/mol. The smallest absolute Gasteiger partial charge is 0.0510 e. The van der Waals surface area contributed by atoms with Gasteiger partial charge in [0.25, 0.3) is 0 Å². The second-order valence-corrected chi connectivity index (χ2v) is 5.30. The van der Waals surface area contributed by atoms with Crippen LogP contribution in [0.4, 0.5) is 0 Å². The van der Waals surface area contributed by atoms with Crippen LogP contribution in [0.15, 0.2) is 0 Å². The molecule has 1 aliphatic heterocycles. The predicted octanol–water partition coefficient (Wildman–Crippen LogP) is 0.901. The van der Waals surface area contributed by atoms with Gasteiger partial charge in [0.15, 0.2) is 0 Å². The van der Waals surface area contributed by atoms with Crippen LogP contribution in [0.5, 0.6) is 0 Å². The lowest BCUT2D eigenvalue weighted by molar-refractivity contribution is 0.162. The Morgan fingerprint density at radius 1 is 1.14 bits per heavy atom. The molecule has 0 bridgehead atoms. The summed E-state index contributed by atoms with van der Waals surface area (Å²) in [6.07, 6.45) is 5.52. The first-order chi connectivity index (χ1) is 6.88. The minimum Gasteiger partial charge on any atom is -0.381 e. The Balaban J connectivity index is 1.61. The number of ether oxygens (including phenoxy) is 1. The topological polar surface area (TPSA) is 47.3 Å². The van der Waals surface area contributed by atoms with E-state index in [1.165, 1.54) is 25.7 Å². The lowest BCUT2D eigenvalue weighted by Gasteiger charge is -2.28. The Morgan fingerprint density at radius 3 is 2.50 bits per heavy atom. The molecule has 1 saturated heterocycles. The van der Waals surface area contributed by atoms with Gasteiger partial charge < -0.3 is 4.74 Å². The first-order valence-corrected chi connectivity index (χ1v) is 5.92. The van der Waals surface area contributed by atoms with Crippen LogP contribution in [-0.2, 0) is 4.74 Å². The van der Waals surface area contributed by atoms with Gasteiger partial charge in [-0.05, 0) is 43.4 Å². The third-order valence-electron chi connectivity index (χ3n) is 4.45. The Morgan fingerprint density at radius 2 is 1.93 bits per heavy atom. The molecule has 3 fully saturated rings. The summed E-state index contributed by atoms with van der Waals surface area (Å²) in [7, 11) is 0. The van der Waals surface area contributed by atoms with Crippen molar-refractivity contribution in [2.24, 2.45) is 29.5 Å². The van der Waals surface area contributed by atoms with Gasteiger partial charge in [0.2, 0.25) is 0 Å². The number of hydrazine groups is 1. The Hall–Kier alpha value is -0.120. The molecule has 2 saturated carbocycles. The molecule has 4 unspecified atom stereocenters. The SMILES string of the molecule is NNC(C1CCOC1)C1CC2CC2C1. The van der Waals surface area contributed by atoms with E-state index in [1.54, 1.807) is 0 Å². The second kappa shape index (κ2) is 3.47. The third-order valence-corrected chi connectivity index (χ3v) is 4.45. The van der Waals surface area contributed by atoms with Gasteiger partial charge in [-0.3, -0.25) is 11.3 Å². The van der Waals surface area contributed by atoms with Gasteiger partial charge in [0.1, 0.15) is 0 Å². The first-order valence-electron chi connectivity index (χ1n) is 5.92. The minimum absolute atomic E-state index is 0.519. The highest BCUT2D eigenvalue weighted by Gasteiger charge is 2.49. The van der Waals surface area contributed by atoms with E-state index < -0.39 is 0 Å². The molecule has 0 aromatic carbocycles. The summed E-state index contributed by atoms with van der Waals surface area (Å²) < 4.78 is 5.44. The number of hydrogen-bond acceptors (Lipinski definition) is 3. The molecule has 3 aliphatic rings. The highest BCUT2D eigenvalue weighted by molar-refractivity contribution is 5.00. The van der Waals surface area contributed by atoms with Crippen LogP contribution in [0.3, 0.4) is 0 Å². The second-order valence-electron chi connectivity index (χ2n) is 5.30. The van der Waals surface area contributed by atoms with Gasteiger partial charge >= 0.3 is 0 Å². The molecule has 14 heavy (non-hydrogen) atoms. The molecule has 0 amide bonds. The maximum absolute atomic E-state index is 5.69. The quantitative estimate of drug-likeness (QED) is 0.521. The van der Waals surface area contributed by atoms with E-state index in [0.29, 0.717) is 12.0 Å². The number of nitrogens with one attached hydrogen (secondary N) is 1. The van der Waals surface area contributed by atoms with Crippen molar-refractivity contribution in [3.05, 3.63) is 0 Å². The zero-order valence-electron chi connectivity index (χ0n) is 8.61. The highest BCUT2D eigenvalue weighted by atomic mass is 16.5. The van der Waals surface area contributed by atoms with Crippen molar-refractivity contribution in [3.63, 3.8) is 0 Å². The van der Waals surface area contributed by atoms with Gasteiger partial charge in [0, 0.05) is 18.6 Å². The summed E-state index contributed by atoms with van der Waals surface area (Å²) in [5.41, 5.74) is 3.05.